The SMILES string of the molecule is COC(=O)NC[C@H]1CN(c2cccc(F)c2N2CCN(C(=O)OC(C)(C)C)CC2)C(=O)O1. The van der Waals surface area contributed by atoms with Gasteiger partial charge in [0, 0.05) is 26.2 Å². The number of halogens is 1. The number of amides is 3. The Labute approximate surface area is 186 Å². The van der Waals surface area contributed by atoms with Crippen LogP contribution in [0.4, 0.5) is 30.1 Å². The Hall–Kier alpha value is -3.24. The van der Waals surface area contributed by atoms with E-state index in [1.165, 1.54) is 24.1 Å². The van der Waals surface area contributed by atoms with Crippen molar-refractivity contribution in [3.05, 3.63) is 24.0 Å². The standard InChI is InChI=1S/C21H29FN4O6/c1-21(2,3)32-19(28)25-10-8-24(9-11-25)17-15(22)6-5-7-16(17)26-13-14(31-20(26)29)12-23-18(27)30-4/h5-7,14H,8-13H2,1-4H3,(H,23,27)/t14-/m0/s1. The number of para-hydroxylation sites is 1. The molecule has 2 saturated heterocycles. The third-order valence-electron chi connectivity index (χ3n) is 5.04. The van der Waals surface area contributed by atoms with E-state index in [9.17, 15) is 18.8 Å². The van der Waals surface area contributed by atoms with Gasteiger partial charge in [0.05, 0.1) is 31.6 Å². The second-order valence-corrected chi connectivity index (χ2v) is 8.55. The highest BCUT2D eigenvalue weighted by Gasteiger charge is 2.36. The van der Waals surface area contributed by atoms with Crippen molar-refractivity contribution in [2.24, 2.45) is 0 Å². The predicted octanol–water partition coefficient (Wildman–Crippen LogP) is 2.56. The van der Waals surface area contributed by atoms with E-state index in [0.717, 1.165) is 0 Å². The minimum absolute atomic E-state index is 0.0775. The van der Waals surface area contributed by atoms with Gasteiger partial charge in [-0.25, -0.2) is 18.8 Å². The van der Waals surface area contributed by atoms with Gasteiger partial charge in [0.25, 0.3) is 0 Å². The maximum atomic E-state index is 14.9. The van der Waals surface area contributed by atoms with E-state index in [2.05, 4.69) is 10.1 Å². The van der Waals surface area contributed by atoms with Gasteiger partial charge in [0.2, 0.25) is 0 Å². The molecule has 11 heteroatoms. The normalized spacial score (nSPS) is 19.0. The quantitative estimate of drug-likeness (QED) is 0.701. The number of hydrogen-bond donors (Lipinski definition) is 1. The number of nitrogens with zero attached hydrogens (tertiary/aromatic N) is 3. The average Bonchev–Trinajstić information content (AvgIpc) is 3.11. The molecule has 0 aliphatic carbocycles. The van der Waals surface area contributed by atoms with Crippen LogP contribution < -0.4 is 15.1 Å². The Morgan fingerprint density at radius 2 is 1.91 bits per heavy atom. The van der Waals surface area contributed by atoms with Gasteiger partial charge in [-0.3, -0.25) is 4.90 Å². The van der Waals surface area contributed by atoms with Gasteiger partial charge >= 0.3 is 18.3 Å². The number of carbonyl (C=O) groups excluding carboxylic acids is 3. The zero-order valence-electron chi connectivity index (χ0n) is 18.7. The Kier molecular flexibility index (Phi) is 6.95. The summed E-state index contributed by atoms with van der Waals surface area (Å²) in [7, 11) is 1.24. The van der Waals surface area contributed by atoms with Gasteiger partial charge in [-0.05, 0) is 32.9 Å². The molecular formula is C21H29FN4O6. The molecule has 0 radical (unpaired) electrons. The van der Waals surface area contributed by atoms with Crippen molar-refractivity contribution in [3.8, 4) is 0 Å². The Balaban J connectivity index is 1.70. The molecule has 0 bridgehead atoms. The first-order chi connectivity index (χ1) is 15.1. The molecule has 1 aromatic rings. The number of benzene rings is 1. The monoisotopic (exact) mass is 452 g/mol. The first-order valence-electron chi connectivity index (χ1n) is 10.4. The highest BCUT2D eigenvalue weighted by Crippen LogP contribution is 2.35. The number of carbonyl (C=O) groups is 3. The molecule has 1 aromatic carbocycles. The van der Waals surface area contributed by atoms with Crippen molar-refractivity contribution in [3.63, 3.8) is 0 Å². The average molecular weight is 452 g/mol. The Bertz CT molecular complexity index is 866. The fraction of sp³-hybridized carbons (Fsp3) is 0.571. The first-order valence-corrected chi connectivity index (χ1v) is 10.4. The van der Waals surface area contributed by atoms with Crippen molar-refractivity contribution in [1.82, 2.24) is 10.2 Å². The van der Waals surface area contributed by atoms with Crippen molar-refractivity contribution in [1.29, 1.82) is 0 Å². The molecule has 0 spiro atoms. The van der Waals surface area contributed by atoms with Crippen LogP contribution in [-0.4, -0.2) is 81.3 Å². The highest BCUT2D eigenvalue weighted by atomic mass is 19.1. The number of ether oxygens (including phenoxy) is 3. The predicted molar refractivity (Wildman–Crippen MR) is 114 cm³/mol. The lowest BCUT2D eigenvalue weighted by atomic mass is 10.1. The molecular weight excluding hydrogens is 423 g/mol. The molecule has 2 fully saturated rings. The molecule has 1 N–H and O–H groups in total. The highest BCUT2D eigenvalue weighted by molar-refractivity contribution is 5.94. The van der Waals surface area contributed by atoms with E-state index < -0.39 is 35.8 Å². The summed E-state index contributed by atoms with van der Waals surface area (Å²) in [6, 6.07) is 4.51. The Morgan fingerprint density at radius 1 is 1.22 bits per heavy atom. The lowest BCUT2D eigenvalue weighted by Gasteiger charge is -2.38. The summed E-state index contributed by atoms with van der Waals surface area (Å²) in [5.74, 6) is -0.475. The maximum absolute atomic E-state index is 14.9. The number of nitrogens with one attached hydrogen (secondary N) is 1. The number of cyclic esters (lactones) is 1. The third kappa shape index (κ3) is 5.51. The van der Waals surface area contributed by atoms with E-state index in [1.807, 2.05) is 0 Å². The molecule has 1 atom stereocenters. The van der Waals surface area contributed by atoms with Crippen LogP contribution in [0, 0.1) is 5.82 Å². The molecule has 10 nitrogen and oxygen atoms in total. The molecule has 2 heterocycles. The molecule has 3 amide bonds. The van der Waals surface area contributed by atoms with Gasteiger partial charge in [0.1, 0.15) is 17.5 Å². The molecule has 2 aliphatic rings. The topological polar surface area (TPSA) is 101 Å². The van der Waals surface area contributed by atoms with Gasteiger partial charge < -0.3 is 29.3 Å². The van der Waals surface area contributed by atoms with Crippen LogP contribution in [0.2, 0.25) is 0 Å². The van der Waals surface area contributed by atoms with E-state index in [1.54, 1.807) is 36.6 Å². The summed E-state index contributed by atoms with van der Waals surface area (Å²) in [6.45, 7) is 7.11. The lowest BCUT2D eigenvalue weighted by Crippen LogP contribution is -2.50. The van der Waals surface area contributed by atoms with Crippen molar-refractivity contribution < 1.29 is 33.0 Å². The van der Waals surface area contributed by atoms with Crippen LogP contribution in [0.15, 0.2) is 18.2 Å². The fourth-order valence-corrected chi connectivity index (χ4v) is 3.57. The second-order valence-electron chi connectivity index (χ2n) is 8.55. The number of anilines is 2. The number of alkyl carbamates (subject to hydrolysis) is 1. The summed E-state index contributed by atoms with van der Waals surface area (Å²) >= 11 is 0. The third-order valence-corrected chi connectivity index (χ3v) is 5.04. The molecule has 0 aromatic heterocycles. The largest absolute Gasteiger partial charge is 0.453 e. The Morgan fingerprint density at radius 3 is 2.53 bits per heavy atom. The van der Waals surface area contributed by atoms with Crippen LogP contribution in [0.25, 0.3) is 0 Å². The van der Waals surface area contributed by atoms with Crippen LogP contribution in [0.3, 0.4) is 0 Å². The van der Waals surface area contributed by atoms with Crippen molar-refractivity contribution >= 4 is 29.7 Å². The summed E-state index contributed by atoms with van der Waals surface area (Å²) in [4.78, 5) is 40.8. The van der Waals surface area contributed by atoms with E-state index in [-0.39, 0.29) is 18.8 Å². The zero-order valence-corrected chi connectivity index (χ0v) is 18.7. The van der Waals surface area contributed by atoms with Crippen LogP contribution >= 0.6 is 0 Å². The van der Waals surface area contributed by atoms with Crippen molar-refractivity contribution in [2.75, 3.05) is 56.2 Å². The van der Waals surface area contributed by atoms with Gasteiger partial charge in [-0.1, -0.05) is 6.07 Å². The summed E-state index contributed by atoms with van der Waals surface area (Å²) in [5, 5.41) is 2.49. The zero-order chi connectivity index (χ0) is 23.5. The first kappa shape index (κ1) is 23.4. The minimum Gasteiger partial charge on any atom is -0.453 e. The van der Waals surface area contributed by atoms with Gasteiger partial charge in [0.15, 0.2) is 0 Å². The minimum atomic E-state index is -0.631. The number of methoxy groups -OCH3 is 1. The molecule has 0 unspecified atom stereocenters. The fourth-order valence-electron chi connectivity index (χ4n) is 3.57. The summed E-state index contributed by atoms with van der Waals surface area (Å²) in [5.41, 5.74) is 0.0543. The van der Waals surface area contributed by atoms with Crippen LogP contribution in [-0.2, 0) is 14.2 Å². The van der Waals surface area contributed by atoms with E-state index in [0.29, 0.717) is 31.9 Å². The lowest BCUT2D eigenvalue weighted by molar-refractivity contribution is 0.0240. The number of rotatable bonds is 4. The van der Waals surface area contributed by atoms with E-state index >= 15 is 0 Å². The molecule has 0 saturated carbocycles. The second kappa shape index (κ2) is 9.49. The summed E-state index contributed by atoms with van der Waals surface area (Å²) in [6.07, 6.45) is -2.26. The molecule has 176 valence electrons. The van der Waals surface area contributed by atoms with Crippen molar-refractivity contribution in [2.45, 2.75) is 32.5 Å². The van der Waals surface area contributed by atoms with Crippen LogP contribution in [0.5, 0.6) is 0 Å². The molecule has 32 heavy (non-hydrogen) atoms. The van der Waals surface area contributed by atoms with Gasteiger partial charge in [-0.2, -0.15) is 0 Å². The smallest absolute Gasteiger partial charge is 0.414 e. The van der Waals surface area contributed by atoms with Gasteiger partial charge in [-0.15, -0.1) is 0 Å². The number of piperazine rings is 1. The van der Waals surface area contributed by atoms with Crippen LogP contribution in [0.1, 0.15) is 20.8 Å². The number of hydrogen-bond acceptors (Lipinski definition) is 7. The maximum Gasteiger partial charge on any atom is 0.414 e. The molecule has 3 rings (SSSR count). The van der Waals surface area contributed by atoms with E-state index in [4.69, 9.17) is 9.47 Å². The summed E-state index contributed by atoms with van der Waals surface area (Å²) < 4.78 is 30.1. The molecule has 2 aliphatic heterocycles.